The molecule has 0 saturated carbocycles. The van der Waals surface area contributed by atoms with Crippen LogP contribution in [0.2, 0.25) is 0 Å². The van der Waals surface area contributed by atoms with Crippen LogP contribution in [0.5, 0.6) is 0 Å². The van der Waals surface area contributed by atoms with Crippen LogP contribution >= 0.6 is 0 Å². The second kappa shape index (κ2) is 14.1. The van der Waals surface area contributed by atoms with Gasteiger partial charge in [-0.3, -0.25) is 24.0 Å². The van der Waals surface area contributed by atoms with Gasteiger partial charge in [-0.05, 0) is 12.8 Å². The van der Waals surface area contributed by atoms with Gasteiger partial charge in [-0.25, -0.2) is 4.79 Å². The summed E-state index contributed by atoms with van der Waals surface area (Å²) in [7, 11) is 0. The lowest BCUT2D eigenvalue weighted by Gasteiger charge is -2.23. The number of amides is 5. The molecule has 0 aromatic heterocycles. The molecule has 1 saturated heterocycles. The quantitative estimate of drug-likeness (QED) is 0.287. The van der Waals surface area contributed by atoms with Crippen molar-refractivity contribution < 1.29 is 33.6 Å². The fourth-order valence-electron chi connectivity index (χ4n) is 2.78. The summed E-state index contributed by atoms with van der Waals surface area (Å²) < 4.78 is 0. The van der Waals surface area contributed by atoms with E-state index in [0.29, 0.717) is 56.9 Å². The van der Waals surface area contributed by atoms with Gasteiger partial charge in [0.15, 0.2) is 0 Å². The highest BCUT2D eigenvalue weighted by molar-refractivity contribution is 6.01. The van der Waals surface area contributed by atoms with E-state index in [1.165, 1.54) is 0 Å². The molecule has 0 aliphatic carbocycles. The van der Waals surface area contributed by atoms with Crippen LogP contribution < -0.4 is 10.6 Å². The zero-order chi connectivity index (χ0) is 23.2. The third-order valence-electron chi connectivity index (χ3n) is 4.62. The summed E-state index contributed by atoms with van der Waals surface area (Å²) in [5.41, 5.74) is 0. The first-order valence-corrected chi connectivity index (χ1v) is 10.7. The largest absolute Gasteiger partial charge is 0.354 e. The average molecular weight is 440 g/mol. The molecule has 1 aliphatic rings. The van der Waals surface area contributed by atoms with E-state index in [1.807, 2.05) is 0 Å². The molecule has 174 valence electrons. The van der Waals surface area contributed by atoms with Crippen LogP contribution in [0.4, 0.5) is 0 Å². The van der Waals surface area contributed by atoms with Crippen LogP contribution in [0.3, 0.4) is 0 Å². The highest BCUT2D eigenvalue weighted by Gasteiger charge is 2.32. The Bertz CT molecular complexity index is 642. The van der Waals surface area contributed by atoms with Gasteiger partial charge in [0.25, 0.3) is 11.8 Å². The van der Waals surface area contributed by atoms with Gasteiger partial charge < -0.3 is 20.4 Å². The maximum absolute atomic E-state index is 12.5. The number of hydrogen-bond acceptors (Lipinski definition) is 7. The number of nitrogens with one attached hydrogen (secondary N) is 2. The Labute approximate surface area is 181 Å². The first-order valence-electron chi connectivity index (χ1n) is 10.7. The molecule has 0 bridgehead atoms. The summed E-state index contributed by atoms with van der Waals surface area (Å²) in [5, 5.41) is 5.93. The van der Waals surface area contributed by atoms with E-state index in [0.717, 1.165) is 0 Å². The second-order valence-corrected chi connectivity index (χ2v) is 7.04. The van der Waals surface area contributed by atoms with Gasteiger partial charge in [0.2, 0.25) is 17.7 Å². The zero-order valence-corrected chi connectivity index (χ0v) is 18.2. The third kappa shape index (κ3) is 10.1. The molecular formula is C20H32N4O7. The molecule has 1 heterocycles. The van der Waals surface area contributed by atoms with Gasteiger partial charge in [-0.2, -0.15) is 0 Å². The highest BCUT2D eigenvalue weighted by atomic mass is 16.7. The van der Waals surface area contributed by atoms with Crippen molar-refractivity contribution >= 4 is 35.5 Å². The smallest absolute Gasteiger partial charge is 0.333 e. The Morgan fingerprint density at radius 1 is 0.871 bits per heavy atom. The first kappa shape index (κ1) is 26.1. The number of hydroxylamine groups is 2. The van der Waals surface area contributed by atoms with Crippen LogP contribution in [-0.4, -0.2) is 71.6 Å². The lowest BCUT2D eigenvalue weighted by Crippen LogP contribution is -2.42. The van der Waals surface area contributed by atoms with E-state index in [9.17, 15) is 28.8 Å². The zero-order valence-electron chi connectivity index (χ0n) is 18.2. The summed E-state index contributed by atoms with van der Waals surface area (Å²) in [6.07, 6.45) is 1.70. The molecule has 0 aromatic carbocycles. The molecule has 1 fully saturated rings. The molecular weight excluding hydrogens is 408 g/mol. The minimum absolute atomic E-state index is 0.0244. The lowest BCUT2D eigenvalue weighted by molar-refractivity contribution is -0.197. The van der Waals surface area contributed by atoms with Crippen LogP contribution in [0.25, 0.3) is 0 Å². The molecule has 31 heavy (non-hydrogen) atoms. The minimum Gasteiger partial charge on any atom is -0.354 e. The van der Waals surface area contributed by atoms with Crippen LogP contribution in [0.1, 0.15) is 65.2 Å². The summed E-state index contributed by atoms with van der Waals surface area (Å²) in [4.78, 5) is 76.3. The molecule has 5 amide bonds. The van der Waals surface area contributed by atoms with E-state index in [1.54, 1.807) is 18.7 Å². The van der Waals surface area contributed by atoms with Gasteiger partial charge >= 0.3 is 5.97 Å². The van der Waals surface area contributed by atoms with Crippen molar-refractivity contribution in [1.82, 2.24) is 20.6 Å². The van der Waals surface area contributed by atoms with E-state index in [4.69, 9.17) is 4.84 Å². The Kier molecular flexibility index (Phi) is 11.9. The predicted octanol–water partition coefficient (Wildman–Crippen LogP) is 0.0350. The van der Waals surface area contributed by atoms with Crippen molar-refractivity contribution in [2.45, 2.75) is 65.2 Å². The molecule has 0 unspecified atom stereocenters. The van der Waals surface area contributed by atoms with Crippen molar-refractivity contribution in [2.75, 3.05) is 26.2 Å². The molecule has 0 atom stereocenters. The van der Waals surface area contributed by atoms with Crippen molar-refractivity contribution in [1.29, 1.82) is 0 Å². The Hall–Kier alpha value is -2.98. The molecule has 0 radical (unpaired) electrons. The Morgan fingerprint density at radius 3 is 1.84 bits per heavy atom. The molecule has 0 spiro atoms. The monoisotopic (exact) mass is 440 g/mol. The van der Waals surface area contributed by atoms with Crippen molar-refractivity contribution in [2.24, 2.45) is 0 Å². The van der Waals surface area contributed by atoms with E-state index in [-0.39, 0.29) is 43.4 Å². The lowest BCUT2D eigenvalue weighted by atomic mass is 10.2. The normalized spacial score (nSPS) is 13.2. The number of hydrogen-bond donors (Lipinski definition) is 2. The van der Waals surface area contributed by atoms with Crippen LogP contribution in [0, 0.1) is 0 Å². The van der Waals surface area contributed by atoms with E-state index < -0.39 is 17.8 Å². The van der Waals surface area contributed by atoms with E-state index in [2.05, 4.69) is 10.6 Å². The van der Waals surface area contributed by atoms with Gasteiger partial charge in [0.05, 0.1) is 0 Å². The Morgan fingerprint density at radius 2 is 1.35 bits per heavy atom. The Balaban J connectivity index is 2.38. The van der Waals surface area contributed by atoms with Gasteiger partial charge in [-0.15, -0.1) is 5.06 Å². The van der Waals surface area contributed by atoms with Crippen LogP contribution in [0.15, 0.2) is 0 Å². The highest BCUT2D eigenvalue weighted by Crippen LogP contribution is 2.13. The fourth-order valence-corrected chi connectivity index (χ4v) is 2.78. The molecule has 11 heteroatoms. The summed E-state index contributed by atoms with van der Waals surface area (Å²) in [5.74, 6) is -2.14. The number of nitrogens with zero attached hydrogens (tertiary/aromatic N) is 2. The number of imide groups is 1. The van der Waals surface area contributed by atoms with Crippen molar-refractivity contribution in [3.8, 4) is 0 Å². The first-order chi connectivity index (χ1) is 14.8. The average Bonchev–Trinajstić information content (AvgIpc) is 3.06. The van der Waals surface area contributed by atoms with E-state index >= 15 is 0 Å². The molecule has 11 nitrogen and oxygen atoms in total. The van der Waals surface area contributed by atoms with Crippen LogP contribution in [-0.2, 0) is 33.6 Å². The third-order valence-corrected chi connectivity index (χ3v) is 4.62. The molecule has 1 rings (SSSR count). The molecule has 1 aliphatic heterocycles. The number of rotatable bonds is 14. The van der Waals surface area contributed by atoms with Crippen molar-refractivity contribution in [3.63, 3.8) is 0 Å². The standard InChI is InChI=1S/C20H32N4O7/c1-3-15(25)21-11-13-23(14-12-22-16(26)4-2)17(27)7-5-6-8-20(30)31-24-18(28)9-10-19(24)29/h3-14H2,1-2H3,(H,21,25)(H,22,26). The fraction of sp³-hybridized carbons (Fsp3) is 0.700. The molecule has 0 aromatic rings. The van der Waals surface area contributed by atoms with Gasteiger partial charge in [0, 0.05) is 64.7 Å². The minimum atomic E-state index is -0.697. The van der Waals surface area contributed by atoms with Gasteiger partial charge in [0.1, 0.15) is 0 Å². The van der Waals surface area contributed by atoms with Gasteiger partial charge in [-0.1, -0.05) is 13.8 Å². The maximum atomic E-state index is 12.5. The summed E-state index contributed by atoms with van der Waals surface area (Å²) in [6, 6.07) is 0. The van der Waals surface area contributed by atoms with Crippen molar-refractivity contribution in [3.05, 3.63) is 0 Å². The maximum Gasteiger partial charge on any atom is 0.333 e. The second-order valence-electron chi connectivity index (χ2n) is 7.04. The molecule has 2 N–H and O–H groups in total. The number of unbranched alkanes of at least 4 members (excludes halogenated alkanes) is 1. The predicted molar refractivity (Wildman–Crippen MR) is 109 cm³/mol. The SMILES string of the molecule is CCC(=O)NCCN(CCNC(=O)CC)C(=O)CCCCC(=O)ON1C(=O)CCC1=O. The summed E-state index contributed by atoms with van der Waals surface area (Å²) >= 11 is 0. The summed E-state index contributed by atoms with van der Waals surface area (Å²) in [6.45, 7) is 4.72. The topological polar surface area (TPSA) is 142 Å². The number of carbonyl (C=O) groups excluding carboxylic acids is 6. The number of carbonyl (C=O) groups is 6.